The van der Waals surface area contributed by atoms with E-state index in [4.69, 9.17) is 15.0 Å². The van der Waals surface area contributed by atoms with Crippen molar-refractivity contribution in [2.24, 2.45) is 0 Å². The molecule has 2 aromatic heterocycles. The second kappa shape index (κ2) is 11.9. The van der Waals surface area contributed by atoms with E-state index in [1.807, 2.05) is 18.2 Å². The van der Waals surface area contributed by atoms with Crippen molar-refractivity contribution in [1.29, 1.82) is 0 Å². The van der Waals surface area contributed by atoms with Crippen LogP contribution >= 0.6 is 0 Å². The summed E-state index contributed by atoms with van der Waals surface area (Å²) >= 11 is 0. The van der Waals surface area contributed by atoms with E-state index in [9.17, 15) is 0 Å². The van der Waals surface area contributed by atoms with Crippen molar-refractivity contribution in [1.82, 2.24) is 19.5 Å². The normalized spacial score (nSPS) is 11.5. The fourth-order valence-electron chi connectivity index (χ4n) is 7.38. The monoisotopic (exact) mass is 650 g/mol. The molecular weight excluding hydrogens is 621 g/mol. The highest BCUT2D eigenvalue weighted by atomic mass is 15.0. The summed E-state index contributed by atoms with van der Waals surface area (Å²) in [4.78, 5) is 15.4. The lowest BCUT2D eigenvalue weighted by molar-refractivity contribution is 1.08. The molecular formula is C47H30N4. The van der Waals surface area contributed by atoms with Gasteiger partial charge in [-0.15, -0.1) is 0 Å². The molecule has 2 heterocycles. The first kappa shape index (κ1) is 29.0. The molecule has 4 nitrogen and oxygen atoms in total. The highest BCUT2D eigenvalue weighted by molar-refractivity contribution is 6.22. The molecule has 10 rings (SSSR count). The third-order valence-corrected chi connectivity index (χ3v) is 9.83. The van der Waals surface area contributed by atoms with Gasteiger partial charge in [0.05, 0.1) is 11.0 Å². The summed E-state index contributed by atoms with van der Waals surface area (Å²) in [6.45, 7) is 0. The second-order valence-corrected chi connectivity index (χ2v) is 12.9. The number of hydrogen-bond acceptors (Lipinski definition) is 3. The van der Waals surface area contributed by atoms with Crippen LogP contribution in [0.2, 0.25) is 0 Å². The molecule has 0 bridgehead atoms. The van der Waals surface area contributed by atoms with Gasteiger partial charge in [0.1, 0.15) is 0 Å². The van der Waals surface area contributed by atoms with Gasteiger partial charge >= 0.3 is 0 Å². The van der Waals surface area contributed by atoms with Crippen LogP contribution in [0.25, 0.3) is 94.3 Å². The maximum absolute atomic E-state index is 5.21. The topological polar surface area (TPSA) is 43.6 Å². The van der Waals surface area contributed by atoms with Gasteiger partial charge in [-0.2, -0.15) is 0 Å². The molecule has 0 aliphatic heterocycles. The molecule has 51 heavy (non-hydrogen) atoms. The number of aromatic nitrogens is 4. The summed E-state index contributed by atoms with van der Waals surface area (Å²) in [5.74, 6) is 1.92. The highest BCUT2D eigenvalue weighted by Gasteiger charge is 2.21. The summed E-state index contributed by atoms with van der Waals surface area (Å²) in [5.41, 5.74) is 8.56. The Bertz CT molecular complexity index is 2890. The second-order valence-electron chi connectivity index (χ2n) is 12.9. The SMILES string of the molecule is c1ccc(-c2nc(-c3ccc(-c4ccc5ccccc5c4)cc3)nc(-c3cccc4c3c3ccc5ccccc5c3n4-c3ccccc3)n2)cc1. The molecule has 8 aromatic carbocycles. The average Bonchev–Trinajstić information content (AvgIpc) is 3.56. The van der Waals surface area contributed by atoms with Crippen LogP contribution in [0.1, 0.15) is 0 Å². The van der Waals surface area contributed by atoms with Gasteiger partial charge in [-0.1, -0.05) is 158 Å². The van der Waals surface area contributed by atoms with E-state index < -0.39 is 0 Å². The van der Waals surface area contributed by atoms with E-state index in [-0.39, 0.29) is 0 Å². The standard InChI is InChI=1S/C47H30N4/c1-3-14-34(15-4-1)45-48-46(35-25-22-32(23-26-35)37-27-24-31-12-7-8-16-36(31)30-37)50-47(49-45)41-20-11-21-42-43(41)40-29-28-33-13-9-10-19-39(33)44(40)51(42)38-17-5-2-6-18-38/h1-30H. The summed E-state index contributed by atoms with van der Waals surface area (Å²) in [5, 5.41) is 7.14. The van der Waals surface area contributed by atoms with Crippen LogP contribution in [0.5, 0.6) is 0 Å². The first-order valence-electron chi connectivity index (χ1n) is 17.2. The molecule has 0 radical (unpaired) electrons. The van der Waals surface area contributed by atoms with Crippen molar-refractivity contribution in [3.63, 3.8) is 0 Å². The molecule has 0 fully saturated rings. The molecule has 4 heteroatoms. The minimum absolute atomic E-state index is 0.637. The number of hydrogen-bond donors (Lipinski definition) is 0. The van der Waals surface area contributed by atoms with E-state index in [2.05, 4.69) is 168 Å². The molecule has 0 unspecified atom stereocenters. The first-order valence-corrected chi connectivity index (χ1v) is 17.2. The molecule has 0 saturated heterocycles. The van der Waals surface area contributed by atoms with E-state index in [1.165, 1.54) is 32.6 Å². The minimum Gasteiger partial charge on any atom is -0.309 e. The van der Waals surface area contributed by atoms with Crippen molar-refractivity contribution in [3.8, 4) is 51.0 Å². The van der Waals surface area contributed by atoms with Crippen molar-refractivity contribution in [3.05, 3.63) is 182 Å². The lowest BCUT2D eigenvalue weighted by Crippen LogP contribution is -2.00. The van der Waals surface area contributed by atoms with Gasteiger partial charge in [-0.25, -0.2) is 15.0 Å². The maximum atomic E-state index is 5.21. The van der Waals surface area contributed by atoms with Gasteiger partial charge in [-0.05, 0) is 51.6 Å². The third kappa shape index (κ3) is 4.96. The zero-order chi connectivity index (χ0) is 33.7. The van der Waals surface area contributed by atoms with Gasteiger partial charge in [0.15, 0.2) is 17.5 Å². The van der Waals surface area contributed by atoms with Crippen molar-refractivity contribution >= 4 is 43.4 Å². The molecule has 0 aliphatic rings. The lowest BCUT2D eigenvalue weighted by Gasteiger charge is -2.11. The van der Waals surface area contributed by atoms with E-state index >= 15 is 0 Å². The van der Waals surface area contributed by atoms with E-state index in [0.717, 1.165) is 44.2 Å². The zero-order valence-electron chi connectivity index (χ0n) is 27.6. The molecule has 0 N–H and O–H groups in total. The number of rotatable bonds is 5. The fourth-order valence-corrected chi connectivity index (χ4v) is 7.38. The minimum atomic E-state index is 0.637. The Morgan fingerprint density at radius 1 is 0.353 bits per heavy atom. The Kier molecular flexibility index (Phi) is 6.78. The summed E-state index contributed by atoms with van der Waals surface area (Å²) < 4.78 is 2.38. The largest absolute Gasteiger partial charge is 0.309 e. The van der Waals surface area contributed by atoms with Crippen LogP contribution in [0.4, 0.5) is 0 Å². The van der Waals surface area contributed by atoms with E-state index in [0.29, 0.717) is 17.5 Å². The molecule has 238 valence electrons. The zero-order valence-corrected chi connectivity index (χ0v) is 27.6. The van der Waals surface area contributed by atoms with Crippen molar-refractivity contribution in [2.45, 2.75) is 0 Å². The molecule has 0 aliphatic carbocycles. The van der Waals surface area contributed by atoms with Gasteiger partial charge in [0.25, 0.3) is 0 Å². The number of benzene rings is 8. The van der Waals surface area contributed by atoms with Crippen LogP contribution in [-0.2, 0) is 0 Å². The number of nitrogens with zero attached hydrogens (tertiary/aromatic N) is 4. The van der Waals surface area contributed by atoms with Crippen molar-refractivity contribution in [2.75, 3.05) is 0 Å². The highest BCUT2D eigenvalue weighted by Crippen LogP contribution is 2.41. The molecule has 0 atom stereocenters. The third-order valence-electron chi connectivity index (χ3n) is 9.83. The van der Waals surface area contributed by atoms with Gasteiger partial charge in [0.2, 0.25) is 0 Å². The number of para-hydroxylation sites is 1. The Balaban J connectivity index is 1.19. The van der Waals surface area contributed by atoms with Crippen LogP contribution in [0.3, 0.4) is 0 Å². The van der Waals surface area contributed by atoms with Crippen LogP contribution in [-0.4, -0.2) is 19.5 Å². The Morgan fingerprint density at radius 3 is 1.73 bits per heavy atom. The summed E-state index contributed by atoms with van der Waals surface area (Å²) in [6.07, 6.45) is 0. The lowest BCUT2D eigenvalue weighted by atomic mass is 10.00. The Labute approximate surface area is 295 Å². The van der Waals surface area contributed by atoms with Gasteiger partial charge in [-0.3, -0.25) is 0 Å². The predicted octanol–water partition coefficient (Wildman–Crippen LogP) is 11.9. The smallest absolute Gasteiger partial charge is 0.164 e. The predicted molar refractivity (Wildman–Crippen MR) is 211 cm³/mol. The molecule has 10 aromatic rings. The maximum Gasteiger partial charge on any atom is 0.164 e. The number of fused-ring (bicyclic) bond motifs is 6. The Morgan fingerprint density at radius 2 is 0.941 bits per heavy atom. The quantitative estimate of drug-likeness (QED) is 0.186. The van der Waals surface area contributed by atoms with Gasteiger partial charge in [0, 0.05) is 38.5 Å². The summed E-state index contributed by atoms with van der Waals surface area (Å²) in [6, 6.07) is 63.9. The van der Waals surface area contributed by atoms with E-state index in [1.54, 1.807) is 0 Å². The van der Waals surface area contributed by atoms with Crippen LogP contribution < -0.4 is 0 Å². The fraction of sp³-hybridized carbons (Fsp3) is 0. The van der Waals surface area contributed by atoms with Crippen molar-refractivity contribution < 1.29 is 0 Å². The van der Waals surface area contributed by atoms with Gasteiger partial charge < -0.3 is 4.57 Å². The molecule has 0 spiro atoms. The molecule has 0 amide bonds. The van der Waals surface area contributed by atoms with Crippen LogP contribution in [0, 0.1) is 0 Å². The Hall–Kier alpha value is -6.91. The average molecular weight is 651 g/mol. The molecule has 0 saturated carbocycles. The van der Waals surface area contributed by atoms with Crippen LogP contribution in [0.15, 0.2) is 182 Å². The first-order chi connectivity index (χ1) is 25.3. The summed E-state index contributed by atoms with van der Waals surface area (Å²) in [7, 11) is 0.